The molecule has 0 radical (unpaired) electrons. The second kappa shape index (κ2) is 7.83. The Balaban J connectivity index is 1.47. The number of nitrogens with one attached hydrogen (secondary N) is 2. The number of aromatic nitrogens is 4. The minimum Gasteiger partial charge on any atom is -0.493 e. The van der Waals surface area contributed by atoms with Crippen molar-refractivity contribution in [3.63, 3.8) is 0 Å². The van der Waals surface area contributed by atoms with Gasteiger partial charge in [0, 0.05) is 13.1 Å². The number of aromatic amines is 2. The number of fused-ring (bicyclic) bond motifs is 1. The van der Waals surface area contributed by atoms with Crippen LogP contribution in [0.1, 0.15) is 24.7 Å². The van der Waals surface area contributed by atoms with Crippen molar-refractivity contribution in [2.24, 2.45) is 0 Å². The van der Waals surface area contributed by atoms with E-state index in [-0.39, 0.29) is 22.8 Å². The molecule has 1 saturated carbocycles. The Hall–Kier alpha value is -3.93. The molecule has 1 fully saturated rings. The first-order chi connectivity index (χ1) is 14.5. The monoisotopic (exact) mass is 407 g/mol. The summed E-state index contributed by atoms with van der Waals surface area (Å²) in [5, 5.41) is 0. The van der Waals surface area contributed by atoms with Gasteiger partial charge < -0.3 is 19.4 Å². The average molecular weight is 407 g/mol. The van der Waals surface area contributed by atoms with Gasteiger partial charge in [-0.3, -0.25) is 14.3 Å². The Morgan fingerprint density at radius 1 is 1.30 bits per heavy atom. The van der Waals surface area contributed by atoms with Gasteiger partial charge in [0.2, 0.25) is 0 Å². The highest BCUT2D eigenvalue weighted by atomic mass is 16.5. The van der Waals surface area contributed by atoms with Crippen molar-refractivity contribution in [2.75, 3.05) is 20.7 Å². The molecule has 9 heteroatoms. The van der Waals surface area contributed by atoms with Crippen LogP contribution in [0.15, 0.2) is 46.3 Å². The van der Waals surface area contributed by atoms with E-state index < -0.39 is 5.69 Å². The smallest absolute Gasteiger partial charge is 0.330 e. The lowest BCUT2D eigenvalue weighted by atomic mass is 10.3. The number of ether oxygens (including phenoxy) is 2. The second-order valence-corrected chi connectivity index (χ2v) is 6.95. The van der Waals surface area contributed by atoms with Crippen molar-refractivity contribution in [1.82, 2.24) is 24.4 Å². The summed E-state index contributed by atoms with van der Waals surface area (Å²) in [5.74, 6) is 7.67. The average Bonchev–Trinajstić information content (AvgIpc) is 3.47. The zero-order valence-corrected chi connectivity index (χ0v) is 16.7. The van der Waals surface area contributed by atoms with Gasteiger partial charge in [-0.25, -0.2) is 9.78 Å². The van der Waals surface area contributed by atoms with Crippen molar-refractivity contribution in [2.45, 2.75) is 18.9 Å². The maximum atomic E-state index is 12.5. The van der Waals surface area contributed by atoms with E-state index in [1.54, 1.807) is 31.2 Å². The first kappa shape index (κ1) is 19.4. The van der Waals surface area contributed by atoms with Crippen LogP contribution in [0.5, 0.6) is 11.5 Å². The van der Waals surface area contributed by atoms with Crippen LogP contribution in [0.4, 0.5) is 0 Å². The van der Waals surface area contributed by atoms with Crippen LogP contribution in [0.25, 0.3) is 11.2 Å². The van der Waals surface area contributed by atoms with Gasteiger partial charge in [-0.05, 0) is 37.5 Å². The van der Waals surface area contributed by atoms with E-state index in [9.17, 15) is 9.59 Å². The van der Waals surface area contributed by atoms with Crippen molar-refractivity contribution in [1.29, 1.82) is 0 Å². The lowest BCUT2D eigenvalue weighted by Crippen LogP contribution is -2.34. The molecule has 0 spiro atoms. The van der Waals surface area contributed by atoms with Gasteiger partial charge in [-0.2, -0.15) is 0 Å². The second-order valence-electron chi connectivity index (χ2n) is 6.95. The zero-order chi connectivity index (χ0) is 21.3. The van der Waals surface area contributed by atoms with Crippen LogP contribution < -0.4 is 20.7 Å². The minimum absolute atomic E-state index is 0.0219. The minimum atomic E-state index is -0.439. The molecule has 9 nitrogen and oxygen atoms in total. The topological polar surface area (TPSA) is 105 Å². The normalized spacial score (nSPS) is 12.9. The van der Waals surface area contributed by atoms with Gasteiger partial charge in [0.25, 0.3) is 5.56 Å². The lowest BCUT2D eigenvalue weighted by molar-refractivity contribution is 0.259. The molecule has 0 bridgehead atoms. The van der Waals surface area contributed by atoms with Crippen LogP contribution in [0, 0.1) is 11.8 Å². The third-order valence-corrected chi connectivity index (χ3v) is 4.74. The molecular formula is C21H21N5O4. The third kappa shape index (κ3) is 3.80. The summed E-state index contributed by atoms with van der Waals surface area (Å²) in [5.41, 5.74) is -0.343. The largest absolute Gasteiger partial charge is 0.493 e. The molecule has 0 saturated heterocycles. The maximum absolute atomic E-state index is 12.5. The molecule has 2 heterocycles. The fraction of sp³-hybridized carbons (Fsp3) is 0.286. The Morgan fingerprint density at radius 2 is 2.03 bits per heavy atom. The van der Waals surface area contributed by atoms with Crippen molar-refractivity contribution in [3.05, 3.63) is 63.4 Å². The van der Waals surface area contributed by atoms with E-state index in [4.69, 9.17) is 9.47 Å². The number of imidazole rings is 1. The Morgan fingerprint density at radius 3 is 2.73 bits per heavy atom. The molecule has 0 aliphatic heterocycles. The zero-order valence-electron chi connectivity index (χ0n) is 16.7. The number of methoxy groups -OCH3 is 1. The number of nitrogens with zero attached hydrogens (tertiary/aromatic N) is 3. The van der Waals surface area contributed by atoms with Crippen molar-refractivity contribution < 1.29 is 9.47 Å². The molecule has 1 aromatic carbocycles. The highest BCUT2D eigenvalue weighted by Crippen LogP contribution is 2.32. The SMILES string of the molecule is C=C(Oc1ccccc1OC)N(C)CC#Cc1nc2[nH]c(=O)n(C3CC3)c(=O)c2[nH]1. The molecule has 2 aromatic heterocycles. The molecule has 2 N–H and O–H groups in total. The number of benzene rings is 1. The molecule has 30 heavy (non-hydrogen) atoms. The Labute approximate surface area is 172 Å². The predicted octanol–water partition coefficient (Wildman–Crippen LogP) is 1.59. The van der Waals surface area contributed by atoms with E-state index >= 15 is 0 Å². The molecular weight excluding hydrogens is 386 g/mol. The van der Waals surface area contributed by atoms with E-state index in [1.165, 1.54) is 4.57 Å². The fourth-order valence-corrected chi connectivity index (χ4v) is 2.95. The molecule has 1 aliphatic carbocycles. The van der Waals surface area contributed by atoms with Crippen LogP contribution in [-0.4, -0.2) is 45.1 Å². The lowest BCUT2D eigenvalue weighted by Gasteiger charge is -2.19. The summed E-state index contributed by atoms with van der Waals surface area (Å²) < 4.78 is 12.3. The predicted molar refractivity (Wildman–Crippen MR) is 112 cm³/mol. The van der Waals surface area contributed by atoms with Gasteiger partial charge in [0.05, 0.1) is 13.7 Å². The standard InChI is InChI=1S/C21H21N5O4/c1-13(30-16-8-5-4-7-15(16)29-3)25(2)12-6-9-17-22-18-19(23-17)24-21(28)26(20(18)27)14-10-11-14/h4-5,7-8,14H,1,10-12H2,2-3H3,(H,22,23)(H,24,28). The quantitative estimate of drug-likeness (QED) is 0.475. The molecule has 0 atom stereocenters. The molecule has 0 amide bonds. The Kier molecular flexibility index (Phi) is 5.06. The third-order valence-electron chi connectivity index (χ3n) is 4.74. The van der Waals surface area contributed by atoms with Gasteiger partial charge in [0.1, 0.15) is 0 Å². The van der Waals surface area contributed by atoms with E-state index in [2.05, 4.69) is 33.4 Å². The molecule has 4 rings (SSSR count). The van der Waals surface area contributed by atoms with Gasteiger partial charge in [-0.1, -0.05) is 18.1 Å². The van der Waals surface area contributed by atoms with Crippen molar-refractivity contribution >= 4 is 11.2 Å². The first-order valence-electron chi connectivity index (χ1n) is 9.42. The van der Waals surface area contributed by atoms with Gasteiger partial charge >= 0.3 is 5.69 Å². The van der Waals surface area contributed by atoms with E-state index in [1.807, 2.05) is 12.1 Å². The number of hydrogen-bond donors (Lipinski definition) is 2. The van der Waals surface area contributed by atoms with E-state index in [0.29, 0.717) is 29.8 Å². The summed E-state index contributed by atoms with van der Waals surface area (Å²) in [6.45, 7) is 4.23. The summed E-state index contributed by atoms with van der Waals surface area (Å²) in [4.78, 5) is 36.1. The summed E-state index contributed by atoms with van der Waals surface area (Å²) in [7, 11) is 3.36. The number of hydrogen-bond acceptors (Lipinski definition) is 6. The molecule has 1 aliphatic rings. The van der Waals surface area contributed by atoms with Gasteiger partial charge in [0.15, 0.2) is 34.4 Å². The summed E-state index contributed by atoms with van der Waals surface area (Å²) in [6.07, 6.45) is 1.67. The first-order valence-corrected chi connectivity index (χ1v) is 9.42. The van der Waals surface area contributed by atoms with Crippen molar-refractivity contribution in [3.8, 4) is 23.3 Å². The Bertz CT molecular complexity index is 1290. The maximum Gasteiger partial charge on any atom is 0.330 e. The van der Waals surface area contributed by atoms with Crippen LogP contribution in [-0.2, 0) is 0 Å². The number of para-hydroxylation sites is 2. The van der Waals surface area contributed by atoms with Crippen LogP contribution >= 0.6 is 0 Å². The number of rotatable bonds is 6. The highest BCUT2D eigenvalue weighted by Gasteiger charge is 2.28. The van der Waals surface area contributed by atoms with E-state index in [0.717, 1.165) is 12.8 Å². The summed E-state index contributed by atoms with van der Waals surface area (Å²) in [6, 6.07) is 7.25. The molecule has 154 valence electrons. The fourth-order valence-electron chi connectivity index (χ4n) is 2.95. The van der Waals surface area contributed by atoms with Crippen LogP contribution in [0.2, 0.25) is 0 Å². The van der Waals surface area contributed by atoms with Gasteiger partial charge in [-0.15, -0.1) is 0 Å². The molecule has 3 aromatic rings. The van der Waals surface area contributed by atoms with Crippen LogP contribution in [0.3, 0.4) is 0 Å². The molecule has 0 unspecified atom stereocenters. The highest BCUT2D eigenvalue weighted by molar-refractivity contribution is 5.69. The summed E-state index contributed by atoms with van der Waals surface area (Å²) >= 11 is 0. The number of H-pyrrole nitrogens is 2.